The van der Waals surface area contributed by atoms with Crippen molar-refractivity contribution in [2.45, 2.75) is 105 Å². The molecule has 4 rings (SSSR count). The fraction of sp³-hybridized carbons (Fsp3) is 0.929. The number of rotatable bonds is 6. The molecule has 0 bridgehead atoms. The summed E-state index contributed by atoms with van der Waals surface area (Å²) >= 11 is 0. The van der Waals surface area contributed by atoms with E-state index in [4.69, 9.17) is 5.73 Å². The average Bonchev–Trinajstić information content (AvgIpc) is 3.05. The third-order valence-electron chi connectivity index (χ3n) is 10.7. The van der Waals surface area contributed by atoms with Crippen LogP contribution in [0.2, 0.25) is 0 Å². The molecule has 0 spiro atoms. The molecule has 0 heterocycles. The lowest BCUT2D eigenvalue weighted by atomic mass is 9.45. The third-order valence-corrected chi connectivity index (χ3v) is 10.7. The number of fused-ring (bicyclic) bond motifs is 5. The van der Waals surface area contributed by atoms with Gasteiger partial charge >= 0.3 is 0 Å². The second-order valence-corrected chi connectivity index (χ2v) is 12.7. The zero-order chi connectivity index (χ0) is 21.7. The van der Waals surface area contributed by atoms with Crippen molar-refractivity contribution >= 4 is 0 Å². The van der Waals surface area contributed by atoms with Gasteiger partial charge in [-0.25, -0.2) is 0 Å². The van der Waals surface area contributed by atoms with E-state index < -0.39 is 0 Å². The molecule has 0 aliphatic heterocycles. The van der Waals surface area contributed by atoms with Crippen LogP contribution >= 0.6 is 0 Å². The van der Waals surface area contributed by atoms with Crippen molar-refractivity contribution < 1.29 is 5.11 Å². The number of aliphatic hydroxyl groups is 1. The highest BCUT2D eigenvalue weighted by Gasteiger charge is 2.60. The lowest BCUT2D eigenvalue weighted by Crippen LogP contribution is -2.54. The molecule has 30 heavy (non-hydrogen) atoms. The number of aliphatic hydroxyl groups excluding tert-OH is 1. The second-order valence-electron chi connectivity index (χ2n) is 12.7. The summed E-state index contributed by atoms with van der Waals surface area (Å²) in [5, 5.41) is 10.3. The number of hydrogen-bond donors (Lipinski definition) is 2. The highest BCUT2D eigenvalue weighted by Crippen LogP contribution is 2.68. The first-order valence-corrected chi connectivity index (χ1v) is 13.3. The maximum absolute atomic E-state index is 10.3. The van der Waals surface area contributed by atoms with Crippen LogP contribution in [0.25, 0.3) is 0 Å². The predicted molar refractivity (Wildman–Crippen MR) is 127 cm³/mol. The summed E-state index contributed by atoms with van der Waals surface area (Å²) in [5.74, 6) is 5.54. The van der Waals surface area contributed by atoms with Crippen molar-refractivity contribution in [3.05, 3.63) is 11.6 Å². The molecule has 3 N–H and O–H groups in total. The van der Waals surface area contributed by atoms with Gasteiger partial charge in [-0.05, 0) is 104 Å². The monoisotopic (exact) mass is 415 g/mol. The van der Waals surface area contributed by atoms with Crippen LogP contribution in [0.15, 0.2) is 11.6 Å². The molecule has 4 aliphatic carbocycles. The standard InChI is InChI=1S/C28H49NO/c1-18(2)7-6-8-19(3)23-9-10-24-26-20(17-29)15-21-16-22(30)11-13-27(21,4)25(26)12-14-28(23,24)5/h15,18-20,22-26,30H,6-14,16-17,29H2,1-5H3/t19-,20?,22+,23-,24?,25?,26?,27+,28-/m1/s1. The van der Waals surface area contributed by atoms with E-state index in [-0.39, 0.29) is 6.10 Å². The summed E-state index contributed by atoms with van der Waals surface area (Å²) in [6.07, 6.45) is 15.4. The summed E-state index contributed by atoms with van der Waals surface area (Å²) in [6.45, 7) is 13.3. The van der Waals surface area contributed by atoms with Crippen LogP contribution < -0.4 is 5.73 Å². The van der Waals surface area contributed by atoms with Gasteiger partial charge in [0.1, 0.15) is 0 Å². The highest BCUT2D eigenvalue weighted by atomic mass is 16.3. The third kappa shape index (κ3) is 3.72. The Morgan fingerprint density at radius 1 is 1.03 bits per heavy atom. The van der Waals surface area contributed by atoms with Crippen LogP contribution in [0.4, 0.5) is 0 Å². The minimum atomic E-state index is -0.129. The maximum Gasteiger partial charge on any atom is 0.0577 e. The van der Waals surface area contributed by atoms with Crippen molar-refractivity contribution in [2.24, 2.45) is 58.0 Å². The molecule has 3 saturated carbocycles. The van der Waals surface area contributed by atoms with Gasteiger partial charge in [-0.15, -0.1) is 0 Å². The maximum atomic E-state index is 10.3. The summed E-state index contributed by atoms with van der Waals surface area (Å²) in [5.41, 5.74) is 8.80. The zero-order valence-corrected chi connectivity index (χ0v) is 20.5. The van der Waals surface area contributed by atoms with Gasteiger partial charge in [-0.3, -0.25) is 0 Å². The molecule has 3 fully saturated rings. The molecule has 9 atom stereocenters. The lowest BCUT2D eigenvalue weighted by Gasteiger charge is -2.60. The first-order chi connectivity index (χ1) is 14.2. The van der Waals surface area contributed by atoms with Crippen molar-refractivity contribution in [1.29, 1.82) is 0 Å². The van der Waals surface area contributed by atoms with Crippen LogP contribution in [0.1, 0.15) is 98.8 Å². The number of nitrogens with two attached hydrogens (primary N) is 1. The summed E-state index contributed by atoms with van der Waals surface area (Å²) < 4.78 is 0. The normalized spacial score (nSPS) is 46.7. The topological polar surface area (TPSA) is 46.2 Å². The molecule has 2 heteroatoms. The molecule has 4 aliphatic rings. The Kier molecular flexibility index (Phi) is 6.50. The van der Waals surface area contributed by atoms with Gasteiger partial charge in [-0.2, -0.15) is 0 Å². The Balaban J connectivity index is 1.56. The number of hydrogen-bond acceptors (Lipinski definition) is 2. The lowest BCUT2D eigenvalue weighted by molar-refractivity contribution is -0.0744. The highest BCUT2D eigenvalue weighted by molar-refractivity contribution is 5.27. The summed E-state index contributed by atoms with van der Waals surface area (Å²) in [6, 6.07) is 0. The SMILES string of the molecule is CC(C)CCC[C@@H](C)[C@H]1CCC2C3C(CN)C=C4C[C@@H](O)CC[C@]4(C)C3CC[C@@]21C. The van der Waals surface area contributed by atoms with Crippen molar-refractivity contribution in [3.63, 3.8) is 0 Å². The Bertz CT molecular complexity index is 641. The minimum absolute atomic E-state index is 0.129. The van der Waals surface area contributed by atoms with E-state index in [1.54, 1.807) is 5.57 Å². The van der Waals surface area contributed by atoms with Gasteiger partial charge < -0.3 is 10.8 Å². The molecule has 4 unspecified atom stereocenters. The molecular weight excluding hydrogens is 366 g/mol. The Morgan fingerprint density at radius 3 is 2.50 bits per heavy atom. The molecular formula is C28H49NO. The zero-order valence-electron chi connectivity index (χ0n) is 20.5. The first-order valence-electron chi connectivity index (χ1n) is 13.3. The Hall–Kier alpha value is -0.340. The van der Waals surface area contributed by atoms with E-state index in [0.717, 1.165) is 54.9 Å². The van der Waals surface area contributed by atoms with Gasteiger partial charge in [0.25, 0.3) is 0 Å². The fourth-order valence-corrected chi connectivity index (χ4v) is 9.05. The van der Waals surface area contributed by atoms with Crippen LogP contribution in [0.3, 0.4) is 0 Å². The van der Waals surface area contributed by atoms with E-state index in [1.165, 1.54) is 51.4 Å². The smallest absolute Gasteiger partial charge is 0.0577 e. The molecule has 0 radical (unpaired) electrons. The molecule has 0 aromatic heterocycles. The fourth-order valence-electron chi connectivity index (χ4n) is 9.05. The van der Waals surface area contributed by atoms with Crippen LogP contribution in [0, 0.1) is 52.3 Å². The minimum Gasteiger partial charge on any atom is -0.393 e. The molecule has 0 amide bonds. The molecule has 0 saturated heterocycles. The molecule has 0 aromatic carbocycles. The van der Waals surface area contributed by atoms with Crippen LogP contribution in [-0.2, 0) is 0 Å². The van der Waals surface area contributed by atoms with E-state index >= 15 is 0 Å². The average molecular weight is 416 g/mol. The van der Waals surface area contributed by atoms with Crippen molar-refractivity contribution in [1.82, 2.24) is 0 Å². The Morgan fingerprint density at radius 2 is 1.80 bits per heavy atom. The molecule has 2 nitrogen and oxygen atoms in total. The quantitative estimate of drug-likeness (QED) is 0.482. The van der Waals surface area contributed by atoms with Gasteiger partial charge in [0.15, 0.2) is 0 Å². The first kappa shape index (κ1) is 22.8. The van der Waals surface area contributed by atoms with E-state index in [0.29, 0.717) is 16.7 Å². The molecule has 0 aromatic rings. The predicted octanol–water partition coefficient (Wildman–Crippen LogP) is 6.57. The second kappa shape index (κ2) is 8.54. The van der Waals surface area contributed by atoms with Crippen molar-refractivity contribution in [2.75, 3.05) is 6.54 Å². The van der Waals surface area contributed by atoms with Gasteiger partial charge in [-0.1, -0.05) is 65.5 Å². The van der Waals surface area contributed by atoms with Crippen molar-refractivity contribution in [3.8, 4) is 0 Å². The van der Waals surface area contributed by atoms with E-state index in [1.807, 2.05) is 0 Å². The van der Waals surface area contributed by atoms with Crippen LogP contribution in [0.5, 0.6) is 0 Å². The van der Waals surface area contributed by atoms with E-state index in [9.17, 15) is 5.11 Å². The summed E-state index contributed by atoms with van der Waals surface area (Å²) in [7, 11) is 0. The van der Waals surface area contributed by atoms with Gasteiger partial charge in [0, 0.05) is 0 Å². The molecule has 172 valence electrons. The van der Waals surface area contributed by atoms with Gasteiger partial charge in [0.05, 0.1) is 6.10 Å². The van der Waals surface area contributed by atoms with Crippen LogP contribution in [-0.4, -0.2) is 17.8 Å². The Labute approximate surface area is 186 Å². The van der Waals surface area contributed by atoms with Gasteiger partial charge in [0.2, 0.25) is 0 Å². The summed E-state index contributed by atoms with van der Waals surface area (Å²) in [4.78, 5) is 0. The largest absolute Gasteiger partial charge is 0.393 e. The van der Waals surface area contributed by atoms with E-state index in [2.05, 4.69) is 40.7 Å².